The molecule has 1 aliphatic heterocycles. The van der Waals surface area contributed by atoms with Crippen LogP contribution in [0.15, 0.2) is 48.5 Å². The van der Waals surface area contributed by atoms with Crippen LogP contribution in [0.25, 0.3) is 0 Å². The summed E-state index contributed by atoms with van der Waals surface area (Å²) in [4.78, 5) is 24.6. The summed E-state index contributed by atoms with van der Waals surface area (Å²) in [6.45, 7) is 2.31. The Morgan fingerprint density at radius 1 is 1.14 bits per heavy atom. The molecule has 1 heterocycles. The van der Waals surface area contributed by atoms with Gasteiger partial charge in [0, 0.05) is 11.1 Å². The molecule has 4 nitrogen and oxygen atoms in total. The number of carbonyl (C=O) groups is 2. The number of esters is 1. The van der Waals surface area contributed by atoms with Gasteiger partial charge in [0.25, 0.3) is 0 Å². The monoisotopic (exact) mass is 296 g/mol. The van der Waals surface area contributed by atoms with Crippen molar-refractivity contribution in [1.29, 1.82) is 0 Å². The van der Waals surface area contributed by atoms with Crippen molar-refractivity contribution in [3.8, 4) is 5.75 Å². The normalized spacial score (nSPS) is 15.8. The number of para-hydroxylation sites is 1. The molecule has 0 saturated carbocycles. The zero-order valence-electron chi connectivity index (χ0n) is 12.2. The molecule has 1 unspecified atom stereocenters. The maximum Gasteiger partial charge on any atom is 0.317 e. The molecule has 0 amide bonds. The van der Waals surface area contributed by atoms with E-state index in [1.165, 1.54) is 0 Å². The van der Waals surface area contributed by atoms with Gasteiger partial charge in [0.1, 0.15) is 18.3 Å². The second kappa shape index (κ2) is 6.02. The van der Waals surface area contributed by atoms with Crippen LogP contribution in [0, 0.1) is 0 Å². The van der Waals surface area contributed by atoms with Crippen LogP contribution in [0.1, 0.15) is 34.3 Å². The van der Waals surface area contributed by atoms with Gasteiger partial charge in [0.15, 0.2) is 5.78 Å². The number of benzene rings is 2. The fraction of sp³-hybridized carbons (Fsp3) is 0.222. The third-order valence-electron chi connectivity index (χ3n) is 3.67. The van der Waals surface area contributed by atoms with E-state index in [4.69, 9.17) is 9.47 Å². The van der Waals surface area contributed by atoms with Gasteiger partial charge in [-0.1, -0.05) is 42.5 Å². The number of hydrogen-bond donors (Lipinski definition) is 0. The average molecular weight is 296 g/mol. The number of carbonyl (C=O) groups excluding carboxylic acids is 2. The van der Waals surface area contributed by atoms with Crippen LogP contribution in [-0.4, -0.2) is 25.0 Å². The van der Waals surface area contributed by atoms with Crippen molar-refractivity contribution >= 4 is 11.8 Å². The van der Waals surface area contributed by atoms with Crippen LogP contribution in [0.3, 0.4) is 0 Å². The van der Waals surface area contributed by atoms with Crippen molar-refractivity contribution in [3.05, 3.63) is 65.2 Å². The molecule has 112 valence electrons. The van der Waals surface area contributed by atoms with Gasteiger partial charge in [-0.3, -0.25) is 9.59 Å². The molecular formula is C18H16O4. The summed E-state index contributed by atoms with van der Waals surface area (Å²) in [5.41, 5.74) is 1.80. The van der Waals surface area contributed by atoms with Crippen molar-refractivity contribution in [1.82, 2.24) is 0 Å². The van der Waals surface area contributed by atoms with Crippen molar-refractivity contribution in [2.24, 2.45) is 0 Å². The molecule has 0 spiro atoms. The summed E-state index contributed by atoms with van der Waals surface area (Å²) < 4.78 is 10.7. The quantitative estimate of drug-likeness (QED) is 0.643. The van der Waals surface area contributed by atoms with E-state index in [0.29, 0.717) is 23.5 Å². The highest BCUT2D eigenvalue weighted by Crippen LogP contribution is 2.38. The van der Waals surface area contributed by atoms with Gasteiger partial charge in [0.05, 0.1) is 12.2 Å². The largest absolute Gasteiger partial charge is 0.491 e. The lowest BCUT2D eigenvalue weighted by molar-refractivity contribution is -0.145. The first kappa shape index (κ1) is 14.3. The second-order valence-corrected chi connectivity index (χ2v) is 5.03. The molecule has 0 aromatic heterocycles. The number of ether oxygens (including phenoxy) is 2. The van der Waals surface area contributed by atoms with E-state index >= 15 is 0 Å². The van der Waals surface area contributed by atoms with Gasteiger partial charge in [-0.25, -0.2) is 0 Å². The first-order valence-corrected chi connectivity index (χ1v) is 7.24. The van der Waals surface area contributed by atoms with Crippen LogP contribution in [-0.2, 0) is 9.53 Å². The number of hydrogen-bond acceptors (Lipinski definition) is 4. The molecule has 0 N–H and O–H groups in total. The van der Waals surface area contributed by atoms with Gasteiger partial charge < -0.3 is 9.47 Å². The number of fused-ring (bicyclic) bond motifs is 1. The molecule has 0 saturated heterocycles. The third kappa shape index (κ3) is 2.48. The highest BCUT2D eigenvalue weighted by atomic mass is 16.5. The van der Waals surface area contributed by atoms with Gasteiger partial charge >= 0.3 is 5.97 Å². The van der Waals surface area contributed by atoms with E-state index in [2.05, 4.69) is 0 Å². The van der Waals surface area contributed by atoms with E-state index in [0.717, 1.165) is 5.56 Å². The molecule has 0 fully saturated rings. The minimum Gasteiger partial charge on any atom is -0.491 e. The van der Waals surface area contributed by atoms with Crippen LogP contribution >= 0.6 is 0 Å². The third-order valence-corrected chi connectivity index (χ3v) is 3.67. The molecule has 0 bridgehead atoms. The predicted molar refractivity (Wildman–Crippen MR) is 81.2 cm³/mol. The van der Waals surface area contributed by atoms with Crippen LogP contribution < -0.4 is 4.74 Å². The van der Waals surface area contributed by atoms with Crippen LogP contribution in [0.4, 0.5) is 0 Å². The Morgan fingerprint density at radius 2 is 1.91 bits per heavy atom. The molecule has 1 atom stereocenters. The minimum atomic E-state index is -0.460. The summed E-state index contributed by atoms with van der Waals surface area (Å²) in [5, 5.41) is 0. The molecule has 0 aliphatic carbocycles. The van der Waals surface area contributed by atoms with Gasteiger partial charge in [0.2, 0.25) is 0 Å². The molecule has 1 aliphatic rings. The van der Waals surface area contributed by atoms with E-state index in [-0.39, 0.29) is 18.4 Å². The predicted octanol–water partition coefficient (Wildman–Crippen LogP) is 2.96. The molecule has 22 heavy (non-hydrogen) atoms. The second-order valence-electron chi connectivity index (χ2n) is 5.03. The lowest BCUT2D eigenvalue weighted by Crippen LogP contribution is -2.16. The topological polar surface area (TPSA) is 52.6 Å². The maximum atomic E-state index is 12.6. The van der Waals surface area contributed by atoms with E-state index in [1.54, 1.807) is 31.2 Å². The highest BCUT2D eigenvalue weighted by Gasteiger charge is 2.34. The Morgan fingerprint density at radius 3 is 2.64 bits per heavy atom. The summed E-state index contributed by atoms with van der Waals surface area (Å²) in [6.07, 6.45) is 0. The lowest BCUT2D eigenvalue weighted by Gasteiger charge is -2.08. The van der Waals surface area contributed by atoms with Gasteiger partial charge in [-0.2, -0.15) is 0 Å². The minimum absolute atomic E-state index is 0.109. The van der Waals surface area contributed by atoms with E-state index in [1.807, 2.05) is 24.3 Å². The summed E-state index contributed by atoms with van der Waals surface area (Å²) in [5.74, 6) is -0.389. The fourth-order valence-electron chi connectivity index (χ4n) is 2.61. The zero-order valence-corrected chi connectivity index (χ0v) is 12.2. The van der Waals surface area contributed by atoms with Gasteiger partial charge in [-0.15, -0.1) is 0 Å². The Balaban J connectivity index is 1.97. The summed E-state index contributed by atoms with van der Waals surface area (Å²) in [6, 6.07) is 14.3. The molecule has 2 aromatic carbocycles. The molecule has 2 aromatic rings. The zero-order chi connectivity index (χ0) is 15.5. The smallest absolute Gasteiger partial charge is 0.317 e. The van der Waals surface area contributed by atoms with E-state index in [9.17, 15) is 9.59 Å². The number of ketones is 1. The van der Waals surface area contributed by atoms with Gasteiger partial charge in [-0.05, 0) is 13.0 Å². The molecular weight excluding hydrogens is 280 g/mol. The Bertz CT molecular complexity index is 706. The van der Waals surface area contributed by atoms with Crippen molar-refractivity contribution < 1.29 is 19.1 Å². The van der Waals surface area contributed by atoms with Crippen molar-refractivity contribution in [2.45, 2.75) is 12.8 Å². The summed E-state index contributed by atoms with van der Waals surface area (Å²) in [7, 11) is 0. The first-order chi connectivity index (χ1) is 10.7. The Kier molecular flexibility index (Phi) is 3.92. The van der Waals surface area contributed by atoms with Crippen LogP contribution in [0.2, 0.25) is 0 Å². The maximum absolute atomic E-state index is 12.6. The standard InChI is InChI=1S/C18H16O4/c1-2-21-18(20)15-11-22-17-13(15)9-6-10-14(17)16(19)12-7-4-3-5-8-12/h3-10,15H,2,11H2,1H3. The first-order valence-electron chi connectivity index (χ1n) is 7.24. The molecule has 3 rings (SSSR count). The molecule has 4 heteroatoms. The summed E-state index contributed by atoms with van der Waals surface area (Å²) >= 11 is 0. The molecule has 0 radical (unpaired) electrons. The van der Waals surface area contributed by atoms with Crippen molar-refractivity contribution in [2.75, 3.05) is 13.2 Å². The fourth-order valence-corrected chi connectivity index (χ4v) is 2.61. The highest BCUT2D eigenvalue weighted by molar-refractivity contribution is 6.11. The average Bonchev–Trinajstić information content (AvgIpc) is 2.99. The van der Waals surface area contributed by atoms with E-state index < -0.39 is 5.92 Å². The lowest BCUT2D eigenvalue weighted by atomic mass is 9.95. The SMILES string of the molecule is CCOC(=O)C1COc2c(C(=O)c3ccccc3)cccc21. The number of rotatable bonds is 4. The Labute approximate surface area is 128 Å². The van der Waals surface area contributed by atoms with Crippen molar-refractivity contribution in [3.63, 3.8) is 0 Å². The van der Waals surface area contributed by atoms with Crippen LogP contribution in [0.5, 0.6) is 5.75 Å². The Hall–Kier alpha value is -2.62.